The van der Waals surface area contributed by atoms with Gasteiger partial charge in [0.25, 0.3) is 0 Å². The second-order valence-corrected chi connectivity index (χ2v) is 3.15. The lowest BCUT2D eigenvalue weighted by Gasteiger charge is -1.95. The Balaban J connectivity index is 3.31. The first-order chi connectivity index (χ1) is 6.49. The van der Waals surface area contributed by atoms with Gasteiger partial charge in [-0.1, -0.05) is 0 Å². The smallest absolute Gasteiger partial charge is 0.405 e. The molecule has 0 bridgehead atoms. The SMILES string of the molecule is COC(=O)c1c(Br)c([N+](=O)[O-])nn1C. The lowest BCUT2D eigenvalue weighted by molar-refractivity contribution is -0.390. The van der Waals surface area contributed by atoms with Crippen LogP contribution in [0.25, 0.3) is 0 Å². The number of hydrogen-bond acceptors (Lipinski definition) is 5. The lowest BCUT2D eigenvalue weighted by Crippen LogP contribution is -2.08. The Morgan fingerprint density at radius 2 is 2.29 bits per heavy atom. The van der Waals surface area contributed by atoms with Crippen molar-refractivity contribution in [2.75, 3.05) is 7.11 Å². The van der Waals surface area contributed by atoms with Gasteiger partial charge >= 0.3 is 11.8 Å². The summed E-state index contributed by atoms with van der Waals surface area (Å²) in [6.07, 6.45) is 0. The van der Waals surface area contributed by atoms with E-state index in [1.165, 1.54) is 14.2 Å². The number of nitro groups is 1. The highest BCUT2D eigenvalue weighted by Crippen LogP contribution is 2.27. The number of aryl methyl sites for hydroxylation is 1. The number of methoxy groups -OCH3 is 1. The molecule has 0 aliphatic carbocycles. The first kappa shape index (κ1) is 10.6. The summed E-state index contributed by atoms with van der Waals surface area (Å²) in [6.45, 7) is 0. The van der Waals surface area contributed by atoms with Crippen LogP contribution in [0.2, 0.25) is 0 Å². The zero-order chi connectivity index (χ0) is 10.9. The molecular weight excluding hydrogens is 258 g/mol. The van der Waals surface area contributed by atoms with Gasteiger partial charge in [-0.2, -0.15) is 4.68 Å². The van der Waals surface area contributed by atoms with Crippen LogP contribution < -0.4 is 0 Å². The summed E-state index contributed by atoms with van der Waals surface area (Å²) in [6, 6.07) is 0. The summed E-state index contributed by atoms with van der Waals surface area (Å²) < 4.78 is 5.55. The molecule has 0 fully saturated rings. The molecule has 8 heteroatoms. The number of carbonyl (C=O) groups is 1. The molecule has 1 rings (SSSR count). The minimum atomic E-state index is -0.684. The van der Waals surface area contributed by atoms with Crippen molar-refractivity contribution >= 4 is 27.7 Å². The molecule has 0 saturated carbocycles. The molecule has 0 amide bonds. The van der Waals surface area contributed by atoms with Crippen molar-refractivity contribution in [2.45, 2.75) is 0 Å². The van der Waals surface area contributed by atoms with Crippen LogP contribution >= 0.6 is 15.9 Å². The second kappa shape index (κ2) is 3.74. The number of nitrogens with zero attached hydrogens (tertiary/aromatic N) is 3. The Kier molecular flexibility index (Phi) is 2.84. The summed E-state index contributed by atoms with van der Waals surface area (Å²) >= 11 is 2.92. The summed E-state index contributed by atoms with van der Waals surface area (Å²) in [5.41, 5.74) is 0.0131. The van der Waals surface area contributed by atoms with E-state index in [0.717, 1.165) is 4.68 Å². The first-order valence-corrected chi connectivity index (χ1v) is 4.23. The van der Waals surface area contributed by atoms with Gasteiger partial charge in [-0.25, -0.2) is 4.79 Å². The molecule has 0 aliphatic rings. The minimum absolute atomic E-state index is 0.0131. The van der Waals surface area contributed by atoms with Crippen LogP contribution in [0.3, 0.4) is 0 Å². The fourth-order valence-corrected chi connectivity index (χ4v) is 1.56. The van der Waals surface area contributed by atoms with E-state index in [1.54, 1.807) is 0 Å². The number of rotatable bonds is 2. The van der Waals surface area contributed by atoms with E-state index in [9.17, 15) is 14.9 Å². The predicted octanol–water partition coefficient (Wildman–Crippen LogP) is 0.877. The van der Waals surface area contributed by atoms with Gasteiger partial charge in [0.15, 0.2) is 10.2 Å². The molecule has 0 saturated heterocycles. The largest absolute Gasteiger partial charge is 0.464 e. The molecule has 76 valence electrons. The molecule has 0 aromatic carbocycles. The number of carbonyl (C=O) groups excluding carboxylic acids is 1. The monoisotopic (exact) mass is 263 g/mol. The zero-order valence-corrected chi connectivity index (χ0v) is 8.94. The maximum Gasteiger partial charge on any atom is 0.405 e. The quantitative estimate of drug-likeness (QED) is 0.449. The van der Waals surface area contributed by atoms with Gasteiger partial charge in [-0.05, 0) is 20.9 Å². The van der Waals surface area contributed by atoms with E-state index in [4.69, 9.17) is 0 Å². The summed E-state index contributed by atoms with van der Waals surface area (Å²) in [7, 11) is 2.61. The van der Waals surface area contributed by atoms with Crippen LogP contribution in [0.5, 0.6) is 0 Å². The Bertz CT molecular complexity index is 400. The van der Waals surface area contributed by atoms with Crippen molar-refractivity contribution in [2.24, 2.45) is 7.05 Å². The van der Waals surface area contributed by atoms with E-state index >= 15 is 0 Å². The molecule has 0 spiro atoms. The Morgan fingerprint density at radius 3 is 2.64 bits per heavy atom. The van der Waals surface area contributed by atoms with Crippen LogP contribution in [-0.4, -0.2) is 27.8 Å². The second-order valence-electron chi connectivity index (χ2n) is 2.36. The molecule has 1 aromatic rings. The van der Waals surface area contributed by atoms with Crippen LogP contribution in [0, 0.1) is 10.1 Å². The van der Waals surface area contributed by atoms with Crippen LogP contribution in [-0.2, 0) is 11.8 Å². The maximum atomic E-state index is 11.2. The molecule has 14 heavy (non-hydrogen) atoms. The fraction of sp³-hybridized carbons (Fsp3) is 0.333. The van der Waals surface area contributed by atoms with E-state index < -0.39 is 16.7 Å². The normalized spacial score (nSPS) is 9.93. The van der Waals surface area contributed by atoms with Gasteiger partial charge in [-0.3, -0.25) is 0 Å². The van der Waals surface area contributed by atoms with Crippen LogP contribution in [0.1, 0.15) is 10.5 Å². The molecule has 0 radical (unpaired) electrons. The third kappa shape index (κ3) is 1.60. The van der Waals surface area contributed by atoms with Gasteiger partial charge in [0.05, 0.1) is 19.3 Å². The number of ether oxygens (including phenoxy) is 1. The number of esters is 1. The van der Waals surface area contributed by atoms with E-state index in [1.807, 2.05) is 0 Å². The molecule has 7 nitrogen and oxygen atoms in total. The lowest BCUT2D eigenvalue weighted by atomic mass is 10.4. The molecule has 1 aromatic heterocycles. The fourth-order valence-electron chi connectivity index (χ4n) is 0.919. The number of aromatic nitrogens is 2. The third-order valence-corrected chi connectivity index (χ3v) is 2.25. The molecule has 0 aliphatic heterocycles. The van der Waals surface area contributed by atoms with Crippen molar-refractivity contribution in [1.29, 1.82) is 0 Å². The summed E-state index contributed by atoms with van der Waals surface area (Å²) in [4.78, 5) is 20.9. The van der Waals surface area contributed by atoms with Gasteiger partial charge in [0.2, 0.25) is 0 Å². The third-order valence-electron chi connectivity index (χ3n) is 1.52. The van der Waals surface area contributed by atoms with Crippen molar-refractivity contribution < 1.29 is 14.5 Å². The van der Waals surface area contributed by atoms with Crippen molar-refractivity contribution in [3.8, 4) is 0 Å². The van der Waals surface area contributed by atoms with Gasteiger partial charge < -0.3 is 14.9 Å². The Labute approximate surface area is 86.9 Å². The molecule has 0 N–H and O–H groups in total. The predicted molar refractivity (Wildman–Crippen MR) is 48.9 cm³/mol. The topological polar surface area (TPSA) is 87.3 Å². The zero-order valence-electron chi connectivity index (χ0n) is 7.35. The van der Waals surface area contributed by atoms with E-state index in [2.05, 4.69) is 25.8 Å². The Hall–Kier alpha value is -1.44. The highest BCUT2D eigenvalue weighted by atomic mass is 79.9. The Morgan fingerprint density at radius 1 is 1.71 bits per heavy atom. The van der Waals surface area contributed by atoms with Crippen molar-refractivity contribution in [1.82, 2.24) is 9.78 Å². The number of halogens is 1. The molecule has 0 unspecified atom stereocenters. The van der Waals surface area contributed by atoms with Gasteiger partial charge in [0, 0.05) is 0 Å². The highest BCUT2D eigenvalue weighted by Gasteiger charge is 2.29. The van der Waals surface area contributed by atoms with Crippen LogP contribution in [0.15, 0.2) is 4.47 Å². The standard InChI is InChI=1S/C6H6BrN3O4/c1-9-4(6(11)14-2)3(7)5(8-9)10(12)13/h1-2H3. The highest BCUT2D eigenvalue weighted by molar-refractivity contribution is 9.10. The van der Waals surface area contributed by atoms with Gasteiger partial charge in [0.1, 0.15) is 0 Å². The molecule has 0 atom stereocenters. The molecule has 1 heterocycles. The summed E-state index contributed by atoms with van der Waals surface area (Å²) in [5, 5.41) is 14.0. The number of hydrogen-bond donors (Lipinski definition) is 0. The first-order valence-electron chi connectivity index (χ1n) is 3.44. The van der Waals surface area contributed by atoms with Gasteiger partial charge in [-0.15, -0.1) is 0 Å². The summed E-state index contributed by atoms with van der Waals surface area (Å²) in [5.74, 6) is -1.09. The average molecular weight is 264 g/mol. The minimum Gasteiger partial charge on any atom is -0.464 e. The van der Waals surface area contributed by atoms with Crippen LogP contribution in [0.4, 0.5) is 5.82 Å². The van der Waals surface area contributed by atoms with Crippen molar-refractivity contribution in [3.05, 3.63) is 20.3 Å². The van der Waals surface area contributed by atoms with E-state index in [-0.39, 0.29) is 10.2 Å². The van der Waals surface area contributed by atoms with E-state index in [0.29, 0.717) is 0 Å². The maximum absolute atomic E-state index is 11.2. The molecular formula is C6H6BrN3O4. The van der Waals surface area contributed by atoms with Crippen molar-refractivity contribution in [3.63, 3.8) is 0 Å². The average Bonchev–Trinajstić information content (AvgIpc) is 2.41.